The highest BCUT2D eigenvalue weighted by Crippen LogP contribution is 2.21. The molecule has 1 fully saturated rings. The summed E-state index contributed by atoms with van der Waals surface area (Å²) in [6.45, 7) is 0. The monoisotopic (exact) mass is 339 g/mol. The third-order valence-electron chi connectivity index (χ3n) is 3.79. The van der Waals surface area contributed by atoms with Crippen molar-refractivity contribution in [2.24, 2.45) is 18.1 Å². The van der Waals surface area contributed by atoms with Crippen molar-refractivity contribution < 1.29 is 13.2 Å². The molecule has 1 aromatic heterocycles. The molecule has 22 heavy (non-hydrogen) atoms. The van der Waals surface area contributed by atoms with Crippen LogP contribution in [0.5, 0.6) is 0 Å². The van der Waals surface area contributed by atoms with Crippen molar-refractivity contribution >= 4 is 37.3 Å². The Labute approximate surface area is 132 Å². The van der Waals surface area contributed by atoms with E-state index < -0.39 is 9.84 Å². The van der Waals surface area contributed by atoms with Gasteiger partial charge in [-0.3, -0.25) is 4.79 Å². The number of hydrogen-bond acceptors (Lipinski definition) is 5. The van der Waals surface area contributed by atoms with Crippen LogP contribution in [0, 0.1) is 5.92 Å². The van der Waals surface area contributed by atoms with Crippen LogP contribution in [0.3, 0.4) is 0 Å². The van der Waals surface area contributed by atoms with Crippen LogP contribution in [0.1, 0.15) is 12.8 Å². The number of para-hydroxylation sites is 1. The fraction of sp³-hybridized carbons (Fsp3) is 0.429. The summed E-state index contributed by atoms with van der Waals surface area (Å²) in [6, 6.07) is 7.92. The third kappa shape index (κ3) is 3.22. The number of rotatable bonds is 3. The summed E-state index contributed by atoms with van der Waals surface area (Å²) in [7, 11) is -1.05. The zero-order valence-corrected chi connectivity index (χ0v) is 13.8. The molecule has 1 unspecified atom stereocenters. The minimum atomic E-state index is -2.94. The lowest BCUT2D eigenvalue weighted by Crippen LogP contribution is -2.25. The lowest BCUT2D eigenvalue weighted by atomic mass is 10.1. The molecule has 1 N–H and O–H groups in total. The Morgan fingerprint density at radius 1 is 1.45 bits per heavy atom. The molecule has 0 radical (unpaired) electrons. The summed E-state index contributed by atoms with van der Waals surface area (Å²) in [5.74, 6) is -0.0271. The van der Waals surface area contributed by atoms with Gasteiger partial charge in [-0.2, -0.15) is 0 Å². The SMILES string of the molecule is Cn1c(=NNC(=O)CC2CCS(=O)(=O)C2)sc2ccccc21. The van der Waals surface area contributed by atoms with Gasteiger partial charge in [0.2, 0.25) is 10.7 Å². The number of carbonyl (C=O) groups is 1. The first-order chi connectivity index (χ1) is 10.4. The van der Waals surface area contributed by atoms with Crippen molar-refractivity contribution in [2.45, 2.75) is 12.8 Å². The lowest BCUT2D eigenvalue weighted by Gasteiger charge is -2.05. The van der Waals surface area contributed by atoms with E-state index in [0.717, 1.165) is 10.2 Å². The van der Waals surface area contributed by atoms with Gasteiger partial charge in [0, 0.05) is 13.5 Å². The van der Waals surface area contributed by atoms with Gasteiger partial charge in [0.25, 0.3) is 0 Å². The molecule has 1 atom stereocenters. The number of nitrogens with zero attached hydrogens (tertiary/aromatic N) is 2. The Bertz CT molecular complexity index is 880. The Morgan fingerprint density at radius 3 is 2.91 bits per heavy atom. The van der Waals surface area contributed by atoms with Crippen LogP contribution in [0.4, 0.5) is 0 Å². The summed E-state index contributed by atoms with van der Waals surface area (Å²) in [5, 5.41) is 4.15. The van der Waals surface area contributed by atoms with E-state index in [1.807, 2.05) is 35.9 Å². The molecule has 2 heterocycles. The van der Waals surface area contributed by atoms with Crippen LogP contribution < -0.4 is 10.2 Å². The van der Waals surface area contributed by atoms with E-state index in [0.29, 0.717) is 11.2 Å². The van der Waals surface area contributed by atoms with Crippen LogP contribution in [-0.2, 0) is 21.7 Å². The lowest BCUT2D eigenvalue weighted by molar-refractivity contribution is -0.121. The van der Waals surface area contributed by atoms with Crippen molar-refractivity contribution in [3.8, 4) is 0 Å². The summed E-state index contributed by atoms with van der Waals surface area (Å²) >= 11 is 1.49. The molecule has 8 heteroatoms. The van der Waals surface area contributed by atoms with Gasteiger partial charge in [-0.05, 0) is 24.5 Å². The molecule has 0 spiro atoms. The number of sulfone groups is 1. The summed E-state index contributed by atoms with van der Waals surface area (Å²) in [4.78, 5) is 12.6. The molecule has 3 rings (SSSR count). The second kappa shape index (κ2) is 5.85. The first kappa shape index (κ1) is 15.2. The van der Waals surface area contributed by atoms with Crippen LogP contribution in [0.25, 0.3) is 10.2 Å². The van der Waals surface area contributed by atoms with Crippen molar-refractivity contribution in [1.29, 1.82) is 0 Å². The fourth-order valence-corrected chi connectivity index (χ4v) is 5.48. The Kier molecular flexibility index (Phi) is 4.05. The molecule has 0 bridgehead atoms. The van der Waals surface area contributed by atoms with Crippen LogP contribution in [0.2, 0.25) is 0 Å². The number of aryl methyl sites for hydroxylation is 1. The molecule has 1 saturated heterocycles. The topological polar surface area (TPSA) is 80.5 Å². The van der Waals surface area contributed by atoms with Crippen molar-refractivity contribution in [3.63, 3.8) is 0 Å². The van der Waals surface area contributed by atoms with E-state index in [4.69, 9.17) is 0 Å². The standard InChI is InChI=1S/C14H17N3O3S2/c1-17-11-4-2-3-5-12(11)21-14(17)16-15-13(18)8-10-6-7-22(19,20)9-10/h2-5,10H,6-9H2,1H3,(H,15,18). The molecular formula is C14H17N3O3S2. The predicted molar refractivity (Wildman–Crippen MR) is 85.9 cm³/mol. The van der Waals surface area contributed by atoms with E-state index >= 15 is 0 Å². The Hall–Kier alpha value is -1.67. The number of nitrogens with one attached hydrogen (secondary N) is 1. The number of aromatic nitrogens is 1. The van der Waals surface area contributed by atoms with E-state index in [2.05, 4.69) is 10.5 Å². The highest BCUT2D eigenvalue weighted by atomic mass is 32.2. The molecule has 6 nitrogen and oxygen atoms in total. The maximum Gasteiger partial charge on any atom is 0.240 e. The third-order valence-corrected chi connectivity index (χ3v) is 6.74. The number of carbonyl (C=O) groups excluding carboxylic acids is 1. The molecular weight excluding hydrogens is 322 g/mol. The summed E-state index contributed by atoms with van der Waals surface area (Å²) < 4.78 is 25.8. The second-order valence-electron chi connectivity index (χ2n) is 5.53. The minimum absolute atomic E-state index is 0.0867. The molecule has 1 amide bonds. The highest BCUT2D eigenvalue weighted by Gasteiger charge is 2.29. The molecule has 1 aliphatic rings. The van der Waals surface area contributed by atoms with Crippen LogP contribution >= 0.6 is 11.3 Å². The normalized spacial score (nSPS) is 21.3. The average molecular weight is 339 g/mol. The predicted octanol–water partition coefficient (Wildman–Crippen LogP) is 0.996. The summed E-state index contributed by atoms with van der Waals surface area (Å²) in [5.41, 5.74) is 3.59. The van der Waals surface area contributed by atoms with Gasteiger partial charge >= 0.3 is 0 Å². The van der Waals surface area contributed by atoms with Gasteiger partial charge in [-0.25, -0.2) is 13.8 Å². The van der Waals surface area contributed by atoms with Crippen molar-refractivity contribution in [3.05, 3.63) is 29.1 Å². The minimum Gasteiger partial charge on any atom is -0.318 e. The van der Waals surface area contributed by atoms with Gasteiger partial charge in [-0.15, -0.1) is 5.10 Å². The molecule has 0 aliphatic carbocycles. The van der Waals surface area contributed by atoms with Gasteiger partial charge in [0.05, 0.1) is 21.7 Å². The number of thiazole rings is 1. The highest BCUT2D eigenvalue weighted by molar-refractivity contribution is 7.91. The molecule has 1 aromatic carbocycles. The molecule has 2 aromatic rings. The molecule has 0 saturated carbocycles. The van der Waals surface area contributed by atoms with Gasteiger partial charge < -0.3 is 4.57 Å². The molecule has 1 aliphatic heterocycles. The van der Waals surface area contributed by atoms with Crippen LogP contribution in [-0.4, -0.2) is 30.4 Å². The number of amides is 1. The van der Waals surface area contributed by atoms with Crippen molar-refractivity contribution in [1.82, 2.24) is 9.99 Å². The maximum absolute atomic E-state index is 11.9. The van der Waals surface area contributed by atoms with Crippen LogP contribution in [0.15, 0.2) is 29.4 Å². The zero-order valence-electron chi connectivity index (χ0n) is 12.2. The summed E-state index contributed by atoms with van der Waals surface area (Å²) in [6.07, 6.45) is 0.768. The Balaban J connectivity index is 1.70. The fourth-order valence-electron chi connectivity index (χ4n) is 2.64. The molecule has 118 valence electrons. The van der Waals surface area contributed by atoms with Gasteiger partial charge in [-0.1, -0.05) is 23.5 Å². The Morgan fingerprint density at radius 2 is 2.23 bits per heavy atom. The zero-order chi connectivity index (χ0) is 15.7. The smallest absolute Gasteiger partial charge is 0.240 e. The average Bonchev–Trinajstić information content (AvgIpc) is 2.97. The number of hydrogen-bond donors (Lipinski definition) is 1. The van der Waals surface area contributed by atoms with E-state index in [1.54, 1.807) is 0 Å². The van der Waals surface area contributed by atoms with E-state index in [-0.39, 0.29) is 29.8 Å². The van der Waals surface area contributed by atoms with Gasteiger partial charge in [0.1, 0.15) is 0 Å². The number of fused-ring (bicyclic) bond motifs is 1. The van der Waals surface area contributed by atoms with E-state index in [1.165, 1.54) is 11.3 Å². The van der Waals surface area contributed by atoms with E-state index in [9.17, 15) is 13.2 Å². The first-order valence-corrected chi connectivity index (χ1v) is 9.66. The second-order valence-corrected chi connectivity index (χ2v) is 8.77. The van der Waals surface area contributed by atoms with Gasteiger partial charge in [0.15, 0.2) is 9.84 Å². The first-order valence-electron chi connectivity index (χ1n) is 7.02. The number of benzene rings is 1. The largest absolute Gasteiger partial charge is 0.318 e. The maximum atomic E-state index is 11.9. The van der Waals surface area contributed by atoms with Crippen molar-refractivity contribution in [2.75, 3.05) is 11.5 Å². The quantitative estimate of drug-likeness (QED) is 0.847.